The molecule has 0 radical (unpaired) electrons. The van der Waals surface area contributed by atoms with Crippen molar-refractivity contribution in [3.8, 4) is 5.75 Å². The van der Waals surface area contributed by atoms with Gasteiger partial charge in [-0.05, 0) is 55.7 Å². The number of benzene rings is 2. The number of nitrogens with zero attached hydrogens (tertiary/aromatic N) is 2. The fourth-order valence-electron chi connectivity index (χ4n) is 3.60. The molecule has 1 N–H and O–H groups in total. The number of ether oxygens (including phenoxy) is 1. The highest BCUT2D eigenvalue weighted by Crippen LogP contribution is 2.28. The van der Waals surface area contributed by atoms with E-state index in [1.165, 1.54) is 4.90 Å². The highest BCUT2D eigenvalue weighted by molar-refractivity contribution is 7.92. The second kappa shape index (κ2) is 12.1. The number of sulfonamides is 1. The Balaban J connectivity index is 2.46. The van der Waals surface area contributed by atoms with Gasteiger partial charge in [-0.25, -0.2) is 8.42 Å². The third kappa shape index (κ3) is 6.87. The van der Waals surface area contributed by atoms with Crippen molar-refractivity contribution in [3.63, 3.8) is 0 Å². The van der Waals surface area contributed by atoms with E-state index in [1.807, 2.05) is 6.92 Å². The molecule has 186 valence electrons. The summed E-state index contributed by atoms with van der Waals surface area (Å²) in [5.74, 6) is -0.132. The molecule has 0 aliphatic carbocycles. The van der Waals surface area contributed by atoms with Gasteiger partial charge in [-0.15, -0.1) is 0 Å². The lowest BCUT2D eigenvalue weighted by Gasteiger charge is -2.33. The molecule has 8 nitrogen and oxygen atoms in total. The van der Waals surface area contributed by atoms with E-state index >= 15 is 0 Å². The largest absolute Gasteiger partial charge is 0.497 e. The van der Waals surface area contributed by atoms with Gasteiger partial charge in [0.2, 0.25) is 21.8 Å². The molecule has 0 spiro atoms. The number of carbonyl (C=O) groups is 2. The molecule has 0 saturated carbocycles. The topological polar surface area (TPSA) is 96.0 Å². The maximum absolute atomic E-state index is 13.6. The summed E-state index contributed by atoms with van der Waals surface area (Å²) in [5.41, 5.74) is 1.64. The molecule has 0 aromatic heterocycles. The van der Waals surface area contributed by atoms with Gasteiger partial charge in [0.15, 0.2) is 0 Å². The zero-order valence-electron chi connectivity index (χ0n) is 20.2. The number of likely N-dealkylation sites (N-methyl/N-ethyl adjacent to an activating group) is 1. The van der Waals surface area contributed by atoms with E-state index in [4.69, 9.17) is 16.3 Å². The smallest absolute Gasteiger partial charge is 0.244 e. The number of hydrogen-bond acceptors (Lipinski definition) is 5. The summed E-state index contributed by atoms with van der Waals surface area (Å²) >= 11 is 6.21. The standard InChI is InChI=1S/C24H32ClN3O5S/c1-6-21(24(30)26-7-2)27(15-18-11-13-19(33-4)14-12-18)23(29)16-28(34(5,31)32)22-10-8-9-20(25)17(22)3/h8-14,21H,6-7,15-16H2,1-5H3,(H,26,30)/t21-/m0/s1. The lowest BCUT2D eigenvalue weighted by atomic mass is 10.1. The van der Waals surface area contributed by atoms with Crippen LogP contribution in [0.25, 0.3) is 0 Å². The third-order valence-electron chi connectivity index (χ3n) is 5.44. The van der Waals surface area contributed by atoms with Gasteiger partial charge in [0.1, 0.15) is 18.3 Å². The average molecular weight is 510 g/mol. The molecule has 0 bridgehead atoms. The Morgan fingerprint density at radius 3 is 2.29 bits per heavy atom. The van der Waals surface area contributed by atoms with Crippen LogP contribution in [0.15, 0.2) is 42.5 Å². The zero-order valence-corrected chi connectivity index (χ0v) is 21.7. The summed E-state index contributed by atoms with van der Waals surface area (Å²) in [6.07, 6.45) is 1.40. The summed E-state index contributed by atoms with van der Waals surface area (Å²) in [7, 11) is -2.26. The number of methoxy groups -OCH3 is 1. The van der Waals surface area contributed by atoms with Crippen LogP contribution in [0.5, 0.6) is 5.75 Å². The molecule has 1 atom stereocenters. The zero-order chi connectivity index (χ0) is 25.5. The Morgan fingerprint density at radius 2 is 1.76 bits per heavy atom. The van der Waals surface area contributed by atoms with Crippen molar-refractivity contribution < 1.29 is 22.7 Å². The minimum atomic E-state index is -3.82. The van der Waals surface area contributed by atoms with Gasteiger partial charge in [-0.2, -0.15) is 0 Å². The molecule has 2 aromatic carbocycles. The Bertz CT molecular complexity index is 1110. The first-order valence-electron chi connectivity index (χ1n) is 11.0. The van der Waals surface area contributed by atoms with Crippen LogP contribution >= 0.6 is 11.6 Å². The third-order valence-corrected chi connectivity index (χ3v) is 6.97. The molecule has 2 rings (SSSR count). The van der Waals surface area contributed by atoms with Crippen molar-refractivity contribution in [2.45, 2.75) is 39.8 Å². The summed E-state index contributed by atoms with van der Waals surface area (Å²) in [6.45, 7) is 5.38. The van der Waals surface area contributed by atoms with E-state index in [0.29, 0.717) is 35.0 Å². The van der Waals surface area contributed by atoms with Crippen molar-refractivity contribution in [2.75, 3.05) is 30.8 Å². The molecule has 0 aliphatic rings. The molecular formula is C24H32ClN3O5S. The summed E-state index contributed by atoms with van der Waals surface area (Å²) in [6, 6.07) is 11.3. The van der Waals surface area contributed by atoms with E-state index in [-0.39, 0.29) is 12.5 Å². The van der Waals surface area contributed by atoms with Crippen LogP contribution < -0.4 is 14.4 Å². The SMILES string of the molecule is CCNC(=O)[C@H](CC)N(Cc1ccc(OC)cc1)C(=O)CN(c1cccc(Cl)c1C)S(C)(=O)=O. The van der Waals surface area contributed by atoms with Crippen molar-refractivity contribution >= 4 is 39.1 Å². The van der Waals surface area contributed by atoms with Crippen molar-refractivity contribution in [1.82, 2.24) is 10.2 Å². The number of nitrogens with one attached hydrogen (secondary N) is 1. The minimum absolute atomic E-state index is 0.130. The van der Waals surface area contributed by atoms with Gasteiger partial charge >= 0.3 is 0 Å². The van der Waals surface area contributed by atoms with Gasteiger partial charge in [-0.1, -0.05) is 36.7 Å². The predicted molar refractivity (Wildman–Crippen MR) is 135 cm³/mol. The van der Waals surface area contributed by atoms with Crippen LogP contribution in [0.4, 0.5) is 5.69 Å². The monoisotopic (exact) mass is 509 g/mol. The molecule has 0 fully saturated rings. The van der Waals surface area contributed by atoms with Crippen molar-refractivity contribution in [3.05, 3.63) is 58.6 Å². The summed E-state index contributed by atoms with van der Waals surface area (Å²) in [5, 5.41) is 3.16. The predicted octanol–water partition coefficient (Wildman–Crippen LogP) is 3.37. The summed E-state index contributed by atoms with van der Waals surface area (Å²) in [4.78, 5) is 27.8. The van der Waals surface area contributed by atoms with Crippen molar-refractivity contribution in [1.29, 1.82) is 0 Å². The molecule has 10 heteroatoms. The van der Waals surface area contributed by atoms with E-state index in [9.17, 15) is 18.0 Å². The van der Waals surface area contributed by atoms with E-state index in [0.717, 1.165) is 16.1 Å². The fourth-order valence-corrected chi connectivity index (χ4v) is 4.67. The van der Waals surface area contributed by atoms with Gasteiger partial charge in [-0.3, -0.25) is 13.9 Å². The molecule has 0 saturated heterocycles. The average Bonchev–Trinajstić information content (AvgIpc) is 2.79. The normalized spacial score (nSPS) is 12.1. The van der Waals surface area contributed by atoms with Crippen LogP contribution in [0.3, 0.4) is 0 Å². The molecule has 34 heavy (non-hydrogen) atoms. The quantitative estimate of drug-likeness (QED) is 0.501. The second-order valence-electron chi connectivity index (χ2n) is 7.84. The van der Waals surface area contributed by atoms with E-state index in [2.05, 4.69) is 5.32 Å². The maximum atomic E-state index is 13.6. The summed E-state index contributed by atoms with van der Waals surface area (Å²) < 4.78 is 31.6. The number of anilines is 1. The minimum Gasteiger partial charge on any atom is -0.497 e. The highest BCUT2D eigenvalue weighted by Gasteiger charge is 2.32. The number of rotatable bonds is 11. The van der Waals surface area contributed by atoms with E-state index < -0.39 is 28.5 Å². The Kier molecular flexibility index (Phi) is 9.76. The Labute approximate surface area is 206 Å². The Hall–Kier alpha value is -2.78. The second-order valence-corrected chi connectivity index (χ2v) is 10.2. The fraction of sp³-hybridized carbons (Fsp3) is 0.417. The number of carbonyl (C=O) groups excluding carboxylic acids is 2. The number of amides is 2. The van der Waals surface area contributed by atoms with Crippen LogP contribution in [0.1, 0.15) is 31.4 Å². The first kappa shape index (κ1) is 27.5. The van der Waals surface area contributed by atoms with Crippen LogP contribution in [-0.4, -0.2) is 57.6 Å². The van der Waals surface area contributed by atoms with Crippen LogP contribution in [0, 0.1) is 6.92 Å². The number of hydrogen-bond donors (Lipinski definition) is 1. The van der Waals surface area contributed by atoms with Gasteiger partial charge in [0, 0.05) is 18.1 Å². The first-order chi connectivity index (χ1) is 16.0. The van der Waals surface area contributed by atoms with Gasteiger partial charge < -0.3 is 15.0 Å². The highest BCUT2D eigenvalue weighted by atomic mass is 35.5. The molecule has 2 aromatic rings. The van der Waals surface area contributed by atoms with Gasteiger partial charge in [0.05, 0.1) is 19.1 Å². The molecule has 0 unspecified atom stereocenters. The first-order valence-corrected chi connectivity index (χ1v) is 13.2. The van der Waals surface area contributed by atoms with Crippen LogP contribution in [-0.2, 0) is 26.2 Å². The van der Waals surface area contributed by atoms with Crippen LogP contribution in [0.2, 0.25) is 5.02 Å². The van der Waals surface area contributed by atoms with Crippen molar-refractivity contribution in [2.24, 2.45) is 0 Å². The lowest BCUT2D eigenvalue weighted by Crippen LogP contribution is -2.52. The number of halogens is 1. The molecular weight excluding hydrogens is 478 g/mol. The molecule has 2 amide bonds. The van der Waals surface area contributed by atoms with E-state index in [1.54, 1.807) is 63.4 Å². The maximum Gasteiger partial charge on any atom is 0.244 e. The Morgan fingerprint density at radius 1 is 1.12 bits per heavy atom. The molecule has 0 aliphatic heterocycles. The molecule has 0 heterocycles. The lowest BCUT2D eigenvalue weighted by molar-refractivity contribution is -0.140. The van der Waals surface area contributed by atoms with Gasteiger partial charge in [0.25, 0.3) is 0 Å².